The number of halogens is 4. The normalized spacial score (nSPS) is 10.6. The second-order valence-electron chi connectivity index (χ2n) is 3.57. The first-order valence-electron chi connectivity index (χ1n) is 4.91. The number of rotatable bonds is 2. The smallest absolute Gasteiger partial charge is 0.0487 e. The van der Waals surface area contributed by atoms with E-state index in [1.807, 2.05) is 24.3 Å². The quantitative estimate of drug-likeness (QED) is 0.565. The van der Waals surface area contributed by atoms with E-state index >= 15 is 0 Å². The summed E-state index contributed by atoms with van der Waals surface area (Å²) >= 11 is 21.8. The van der Waals surface area contributed by atoms with Crippen molar-refractivity contribution in [3.8, 4) is 11.1 Å². The molecule has 0 unspecified atom stereocenters. The van der Waals surface area contributed by atoms with Crippen LogP contribution in [-0.2, 0) is 5.33 Å². The molecule has 0 aliphatic heterocycles. The highest BCUT2D eigenvalue weighted by Crippen LogP contribution is 2.35. The Morgan fingerprint density at radius 3 is 2.24 bits per heavy atom. The van der Waals surface area contributed by atoms with Crippen LogP contribution in [0.3, 0.4) is 0 Å². The van der Waals surface area contributed by atoms with Crippen LogP contribution < -0.4 is 0 Å². The molecule has 2 aromatic carbocycles. The van der Waals surface area contributed by atoms with Crippen molar-refractivity contribution in [3.05, 3.63) is 57.0 Å². The summed E-state index contributed by atoms with van der Waals surface area (Å²) in [7, 11) is 0. The monoisotopic (exact) mass is 348 g/mol. The van der Waals surface area contributed by atoms with Crippen LogP contribution in [0, 0.1) is 0 Å². The third-order valence-corrected chi connectivity index (χ3v) is 3.93. The first kappa shape index (κ1) is 13.2. The average molecular weight is 350 g/mol. The van der Waals surface area contributed by atoms with E-state index in [0.29, 0.717) is 15.1 Å². The molecule has 0 N–H and O–H groups in total. The van der Waals surface area contributed by atoms with E-state index in [1.54, 1.807) is 12.1 Å². The summed E-state index contributed by atoms with van der Waals surface area (Å²) in [5.74, 6) is 0. The number of hydrogen-bond donors (Lipinski definition) is 0. The van der Waals surface area contributed by atoms with Gasteiger partial charge >= 0.3 is 0 Å². The Balaban J connectivity index is 2.56. The SMILES string of the molecule is Clc1ccc(Cl)c(-c2ccc(CBr)cc2Cl)c1. The van der Waals surface area contributed by atoms with E-state index in [0.717, 1.165) is 22.0 Å². The Kier molecular flexibility index (Phi) is 4.37. The molecule has 0 aliphatic carbocycles. The molecule has 0 saturated heterocycles. The molecule has 0 fully saturated rings. The van der Waals surface area contributed by atoms with Gasteiger partial charge in [0.25, 0.3) is 0 Å². The summed E-state index contributed by atoms with van der Waals surface area (Å²) in [6.45, 7) is 0. The van der Waals surface area contributed by atoms with Crippen LogP contribution >= 0.6 is 50.7 Å². The molecule has 0 nitrogen and oxygen atoms in total. The predicted molar refractivity (Wildman–Crippen MR) is 79.5 cm³/mol. The van der Waals surface area contributed by atoms with Crippen LogP contribution in [0.2, 0.25) is 15.1 Å². The minimum absolute atomic E-state index is 0.642. The molecule has 0 aliphatic rings. The molecule has 0 bridgehead atoms. The van der Waals surface area contributed by atoms with Crippen molar-refractivity contribution in [2.24, 2.45) is 0 Å². The van der Waals surface area contributed by atoms with E-state index in [1.165, 1.54) is 0 Å². The summed E-state index contributed by atoms with van der Waals surface area (Å²) in [4.78, 5) is 0. The van der Waals surface area contributed by atoms with Gasteiger partial charge in [-0.2, -0.15) is 0 Å². The first-order chi connectivity index (χ1) is 8.11. The zero-order valence-electron chi connectivity index (χ0n) is 8.68. The fourth-order valence-corrected chi connectivity index (χ4v) is 2.61. The summed E-state index contributed by atoms with van der Waals surface area (Å²) in [5.41, 5.74) is 2.87. The highest BCUT2D eigenvalue weighted by molar-refractivity contribution is 9.08. The lowest BCUT2D eigenvalue weighted by Crippen LogP contribution is -1.84. The molecule has 4 heteroatoms. The maximum Gasteiger partial charge on any atom is 0.0487 e. The Morgan fingerprint density at radius 2 is 1.59 bits per heavy atom. The number of benzene rings is 2. The fourth-order valence-electron chi connectivity index (χ4n) is 1.56. The van der Waals surface area contributed by atoms with Gasteiger partial charge in [0.05, 0.1) is 0 Å². The van der Waals surface area contributed by atoms with Gasteiger partial charge in [-0.25, -0.2) is 0 Å². The molecule has 0 radical (unpaired) electrons. The number of alkyl halides is 1. The summed E-state index contributed by atoms with van der Waals surface area (Å²) in [6.07, 6.45) is 0. The van der Waals surface area contributed by atoms with Gasteiger partial charge in [0.15, 0.2) is 0 Å². The van der Waals surface area contributed by atoms with Gasteiger partial charge in [0, 0.05) is 31.5 Å². The zero-order chi connectivity index (χ0) is 12.4. The van der Waals surface area contributed by atoms with Crippen LogP contribution in [0.5, 0.6) is 0 Å². The van der Waals surface area contributed by atoms with Crippen LogP contribution in [0.15, 0.2) is 36.4 Å². The third-order valence-electron chi connectivity index (χ3n) is 2.41. The van der Waals surface area contributed by atoms with Crippen molar-refractivity contribution in [2.45, 2.75) is 5.33 Å². The molecular formula is C13H8BrCl3. The van der Waals surface area contributed by atoms with Gasteiger partial charge in [-0.1, -0.05) is 62.9 Å². The highest BCUT2D eigenvalue weighted by atomic mass is 79.9. The minimum atomic E-state index is 0.642. The second-order valence-corrected chi connectivity index (χ2v) is 5.38. The van der Waals surface area contributed by atoms with Crippen molar-refractivity contribution < 1.29 is 0 Å². The minimum Gasteiger partial charge on any atom is -0.0876 e. The van der Waals surface area contributed by atoms with Crippen molar-refractivity contribution >= 4 is 50.7 Å². The van der Waals surface area contributed by atoms with Crippen LogP contribution in [0.1, 0.15) is 5.56 Å². The van der Waals surface area contributed by atoms with Crippen LogP contribution in [0.4, 0.5) is 0 Å². The molecule has 88 valence electrons. The van der Waals surface area contributed by atoms with Crippen molar-refractivity contribution in [2.75, 3.05) is 0 Å². The average Bonchev–Trinajstić information content (AvgIpc) is 2.32. The Hall–Kier alpha value is -0.210. The molecule has 0 amide bonds. The predicted octanol–water partition coefficient (Wildman–Crippen LogP) is 6.21. The summed E-state index contributed by atoms with van der Waals surface area (Å²) < 4.78 is 0. The number of hydrogen-bond acceptors (Lipinski definition) is 0. The van der Waals surface area contributed by atoms with Gasteiger partial charge in [0.2, 0.25) is 0 Å². The van der Waals surface area contributed by atoms with Crippen molar-refractivity contribution in [1.82, 2.24) is 0 Å². The fraction of sp³-hybridized carbons (Fsp3) is 0.0769. The summed E-state index contributed by atoms with van der Waals surface area (Å²) in [6, 6.07) is 11.2. The lowest BCUT2D eigenvalue weighted by atomic mass is 10.0. The van der Waals surface area contributed by atoms with Crippen LogP contribution in [-0.4, -0.2) is 0 Å². The Morgan fingerprint density at radius 1 is 0.824 bits per heavy atom. The Bertz CT molecular complexity index is 552. The largest absolute Gasteiger partial charge is 0.0876 e. The maximum absolute atomic E-state index is 6.24. The van der Waals surface area contributed by atoms with E-state index < -0.39 is 0 Å². The van der Waals surface area contributed by atoms with Gasteiger partial charge in [0.1, 0.15) is 0 Å². The topological polar surface area (TPSA) is 0 Å². The van der Waals surface area contributed by atoms with Crippen LogP contribution in [0.25, 0.3) is 11.1 Å². The van der Waals surface area contributed by atoms with E-state index in [9.17, 15) is 0 Å². The van der Waals surface area contributed by atoms with E-state index in [4.69, 9.17) is 34.8 Å². The lowest BCUT2D eigenvalue weighted by Gasteiger charge is -2.08. The molecule has 0 atom stereocenters. The van der Waals surface area contributed by atoms with E-state index in [-0.39, 0.29) is 0 Å². The maximum atomic E-state index is 6.24. The molecule has 0 aromatic heterocycles. The molecule has 0 heterocycles. The second kappa shape index (κ2) is 5.62. The zero-order valence-corrected chi connectivity index (χ0v) is 12.5. The third kappa shape index (κ3) is 2.97. The standard InChI is InChI=1S/C13H8BrCl3/c14-7-8-1-3-10(13(17)5-8)11-6-9(15)2-4-12(11)16/h1-6H,7H2. The molecular weight excluding hydrogens is 342 g/mol. The highest BCUT2D eigenvalue weighted by Gasteiger charge is 2.08. The van der Waals surface area contributed by atoms with E-state index in [2.05, 4.69) is 15.9 Å². The summed E-state index contributed by atoms with van der Waals surface area (Å²) in [5, 5.41) is 2.73. The lowest BCUT2D eigenvalue weighted by molar-refractivity contribution is 1.43. The molecule has 2 rings (SSSR count). The van der Waals surface area contributed by atoms with Gasteiger partial charge < -0.3 is 0 Å². The first-order valence-corrected chi connectivity index (χ1v) is 7.17. The van der Waals surface area contributed by atoms with Crippen molar-refractivity contribution in [1.29, 1.82) is 0 Å². The molecule has 2 aromatic rings. The molecule has 0 spiro atoms. The van der Waals surface area contributed by atoms with Gasteiger partial charge in [-0.05, 0) is 29.8 Å². The Labute approximate surface area is 124 Å². The molecule has 17 heavy (non-hydrogen) atoms. The van der Waals surface area contributed by atoms with Gasteiger partial charge in [-0.3, -0.25) is 0 Å². The van der Waals surface area contributed by atoms with Crippen molar-refractivity contribution in [3.63, 3.8) is 0 Å². The molecule has 0 saturated carbocycles. The van der Waals surface area contributed by atoms with Gasteiger partial charge in [-0.15, -0.1) is 0 Å².